The smallest absolute Gasteiger partial charge is 0.336 e. The molecule has 9 nitrogen and oxygen atoms in total. The van der Waals surface area contributed by atoms with E-state index >= 15 is 0 Å². The number of amides is 2. The number of likely N-dealkylation sites (tertiary alicyclic amines) is 1. The molecule has 3 heterocycles. The topological polar surface area (TPSA) is 105 Å². The van der Waals surface area contributed by atoms with Gasteiger partial charge in [0.1, 0.15) is 12.4 Å². The van der Waals surface area contributed by atoms with E-state index in [1.54, 1.807) is 29.4 Å². The third-order valence-corrected chi connectivity index (χ3v) is 7.67. The number of carbonyl (C=O) groups excluding carboxylic acids is 3. The number of allylic oxidation sites excluding steroid dienone is 1. The second-order valence-corrected chi connectivity index (χ2v) is 9.94. The molecular formula is C29H31FN4O5. The molecule has 2 aliphatic heterocycles. The second kappa shape index (κ2) is 10.9. The molecule has 1 unspecified atom stereocenters. The van der Waals surface area contributed by atoms with Gasteiger partial charge >= 0.3 is 11.7 Å². The SMILES string of the molecule is CCOC(=O)C1=C(C)N(CC(=O)N2CCC(n3c(=O)[nH]c4ccccc43)CC2)C(=O)CC1c1cccc(F)c1. The number of hydrogen-bond acceptors (Lipinski definition) is 5. The molecule has 2 aliphatic rings. The van der Waals surface area contributed by atoms with Crippen molar-refractivity contribution in [3.8, 4) is 0 Å². The van der Waals surface area contributed by atoms with E-state index in [1.165, 1.54) is 23.1 Å². The van der Waals surface area contributed by atoms with Crippen LogP contribution in [0.15, 0.2) is 64.6 Å². The van der Waals surface area contributed by atoms with Crippen LogP contribution in [-0.4, -0.2) is 63.4 Å². The standard InChI is InChI=1S/C29H31FN4O5/c1-3-39-28(37)27-18(2)33(25(35)16-22(27)19-7-6-8-20(30)15-19)17-26(36)32-13-11-21(12-14-32)34-24-10-5-4-9-23(24)31-29(34)38/h4-10,15,21-22H,3,11-14,16-17H2,1-2H3,(H,31,38). The molecule has 0 saturated carbocycles. The van der Waals surface area contributed by atoms with Gasteiger partial charge in [0.15, 0.2) is 0 Å². The van der Waals surface area contributed by atoms with Crippen molar-refractivity contribution in [3.05, 3.63) is 81.7 Å². The first-order chi connectivity index (χ1) is 18.8. The lowest BCUT2D eigenvalue weighted by Crippen LogP contribution is -2.48. The Labute approximate surface area is 224 Å². The summed E-state index contributed by atoms with van der Waals surface area (Å²) in [6, 6.07) is 13.3. The summed E-state index contributed by atoms with van der Waals surface area (Å²) in [7, 11) is 0. The van der Waals surface area contributed by atoms with Crippen LogP contribution in [0.1, 0.15) is 50.6 Å². The number of rotatable bonds is 6. The summed E-state index contributed by atoms with van der Waals surface area (Å²) in [6.07, 6.45) is 1.13. The summed E-state index contributed by atoms with van der Waals surface area (Å²) >= 11 is 0. The van der Waals surface area contributed by atoms with E-state index in [4.69, 9.17) is 4.74 Å². The summed E-state index contributed by atoms with van der Waals surface area (Å²) in [4.78, 5) is 58.0. The van der Waals surface area contributed by atoms with Crippen LogP contribution >= 0.6 is 0 Å². The molecule has 2 amide bonds. The zero-order valence-electron chi connectivity index (χ0n) is 22.0. The highest BCUT2D eigenvalue weighted by Crippen LogP contribution is 2.37. The van der Waals surface area contributed by atoms with E-state index in [2.05, 4.69) is 4.98 Å². The van der Waals surface area contributed by atoms with Crippen molar-refractivity contribution in [1.82, 2.24) is 19.4 Å². The number of nitrogens with one attached hydrogen (secondary N) is 1. The van der Waals surface area contributed by atoms with Crippen molar-refractivity contribution in [2.24, 2.45) is 0 Å². The van der Waals surface area contributed by atoms with E-state index in [0.717, 1.165) is 11.0 Å². The molecule has 1 atom stereocenters. The zero-order chi connectivity index (χ0) is 27.7. The lowest BCUT2D eigenvalue weighted by molar-refractivity contribution is -0.143. The quantitative estimate of drug-likeness (QED) is 0.488. The Morgan fingerprint density at radius 1 is 1.08 bits per heavy atom. The van der Waals surface area contributed by atoms with E-state index < -0.39 is 17.7 Å². The molecule has 0 bridgehead atoms. The Hall–Kier alpha value is -4.21. The number of benzene rings is 2. The summed E-state index contributed by atoms with van der Waals surface area (Å²) in [5.41, 5.74) is 2.55. The number of para-hydroxylation sites is 2. The van der Waals surface area contributed by atoms with Gasteiger partial charge in [-0.25, -0.2) is 14.0 Å². The van der Waals surface area contributed by atoms with Crippen LogP contribution in [0.25, 0.3) is 11.0 Å². The van der Waals surface area contributed by atoms with Crippen LogP contribution in [0.5, 0.6) is 0 Å². The minimum Gasteiger partial charge on any atom is -0.463 e. The van der Waals surface area contributed by atoms with Gasteiger partial charge < -0.3 is 19.5 Å². The lowest BCUT2D eigenvalue weighted by Gasteiger charge is -2.37. The maximum Gasteiger partial charge on any atom is 0.336 e. The molecule has 1 fully saturated rings. The maximum atomic E-state index is 14.0. The fraction of sp³-hybridized carbons (Fsp3) is 0.379. The Bertz CT molecular complexity index is 1520. The third kappa shape index (κ3) is 5.10. The van der Waals surface area contributed by atoms with Gasteiger partial charge in [0.25, 0.3) is 0 Å². The molecule has 5 rings (SSSR count). The van der Waals surface area contributed by atoms with Gasteiger partial charge in [-0.05, 0) is 56.5 Å². The number of aromatic nitrogens is 2. The fourth-order valence-corrected chi connectivity index (χ4v) is 5.73. The zero-order valence-corrected chi connectivity index (χ0v) is 22.0. The predicted molar refractivity (Wildman–Crippen MR) is 142 cm³/mol. The van der Waals surface area contributed by atoms with Crippen molar-refractivity contribution in [2.45, 2.75) is 45.1 Å². The van der Waals surface area contributed by atoms with Gasteiger partial charge in [-0.3, -0.25) is 14.2 Å². The van der Waals surface area contributed by atoms with Gasteiger partial charge in [-0.1, -0.05) is 24.3 Å². The summed E-state index contributed by atoms with van der Waals surface area (Å²) in [6.45, 7) is 4.13. The highest BCUT2D eigenvalue weighted by Gasteiger charge is 2.38. The molecular weight excluding hydrogens is 503 g/mol. The van der Waals surface area contributed by atoms with Gasteiger partial charge in [-0.2, -0.15) is 0 Å². The van der Waals surface area contributed by atoms with Crippen LogP contribution in [0.4, 0.5) is 4.39 Å². The number of carbonyl (C=O) groups is 3. The molecule has 1 N–H and O–H groups in total. The molecule has 39 heavy (non-hydrogen) atoms. The first-order valence-corrected chi connectivity index (χ1v) is 13.2. The van der Waals surface area contributed by atoms with Gasteiger partial charge in [-0.15, -0.1) is 0 Å². The number of H-pyrrole nitrogens is 1. The molecule has 0 radical (unpaired) electrons. The average Bonchev–Trinajstić information content (AvgIpc) is 3.26. The largest absolute Gasteiger partial charge is 0.463 e. The van der Waals surface area contributed by atoms with Crippen LogP contribution in [0.2, 0.25) is 0 Å². The van der Waals surface area contributed by atoms with E-state index in [9.17, 15) is 23.6 Å². The summed E-state index contributed by atoms with van der Waals surface area (Å²) in [5, 5.41) is 0. The average molecular weight is 535 g/mol. The van der Waals surface area contributed by atoms with Crippen molar-refractivity contribution in [2.75, 3.05) is 26.2 Å². The highest BCUT2D eigenvalue weighted by atomic mass is 19.1. The third-order valence-electron chi connectivity index (χ3n) is 7.67. The number of hydrogen-bond donors (Lipinski definition) is 1. The van der Waals surface area contributed by atoms with Crippen molar-refractivity contribution in [1.29, 1.82) is 0 Å². The fourth-order valence-electron chi connectivity index (χ4n) is 5.73. The number of nitrogens with zero attached hydrogens (tertiary/aromatic N) is 3. The number of piperidine rings is 1. The first-order valence-electron chi connectivity index (χ1n) is 13.2. The Kier molecular flexibility index (Phi) is 7.36. The number of imidazole rings is 1. The minimum atomic E-state index is -0.663. The van der Waals surface area contributed by atoms with Crippen molar-refractivity contribution >= 4 is 28.8 Å². The Morgan fingerprint density at radius 3 is 2.54 bits per heavy atom. The Morgan fingerprint density at radius 2 is 1.82 bits per heavy atom. The van der Waals surface area contributed by atoms with Crippen LogP contribution < -0.4 is 5.69 Å². The summed E-state index contributed by atoms with van der Waals surface area (Å²) in [5.74, 6) is -2.26. The lowest BCUT2D eigenvalue weighted by atomic mass is 9.83. The van der Waals surface area contributed by atoms with Gasteiger partial charge in [0.05, 0.1) is 23.2 Å². The van der Waals surface area contributed by atoms with E-state index in [0.29, 0.717) is 37.2 Å². The molecule has 204 valence electrons. The van der Waals surface area contributed by atoms with Crippen LogP contribution in [-0.2, 0) is 19.1 Å². The second-order valence-electron chi connectivity index (χ2n) is 9.94. The molecule has 1 aromatic heterocycles. The van der Waals surface area contributed by atoms with Crippen molar-refractivity contribution < 1.29 is 23.5 Å². The monoisotopic (exact) mass is 534 g/mol. The van der Waals surface area contributed by atoms with E-state index in [1.807, 2.05) is 24.3 Å². The molecule has 2 aromatic carbocycles. The number of halogens is 1. The van der Waals surface area contributed by atoms with Crippen LogP contribution in [0.3, 0.4) is 0 Å². The predicted octanol–water partition coefficient (Wildman–Crippen LogP) is 3.49. The highest BCUT2D eigenvalue weighted by molar-refractivity contribution is 5.97. The molecule has 3 aromatic rings. The molecule has 1 saturated heterocycles. The molecule has 10 heteroatoms. The first kappa shape index (κ1) is 26.4. The molecule has 0 aliphatic carbocycles. The number of fused-ring (bicyclic) bond motifs is 1. The van der Waals surface area contributed by atoms with Gasteiger partial charge in [0, 0.05) is 37.2 Å². The minimum absolute atomic E-state index is 0.0432. The van der Waals surface area contributed by atoms with Crippen LogP contribution in [0, 0.1) is 5.82 Å². The number of aromatic amines is 1. The van der Waals surface area contributed by atoms with Gasteiger partial charge in [0.2, 0.25) is 11.8 Å². The number of ether oxygens (including phenoxy) is 1. The summed E-state index contributed by atoms with van der Waals surface area (Å²) < 4.78 is 21.0. The van der Waals surface area contributed by atoms with Crippen molar-refractivity contribution in [3.63, 3.8) is 0 Å². The van der Waals surface area contributed by atoms with E-state index in [-0.39, 0.29) is 48.7 Å². The maximum absolute atomic E-state index is 14.0. The molecule has 0 spiro atoms. The normalized spacial score (nSPS) is 18.6. The Balaban J connectivity index is 1.33. The number of esters is 1.